The van der Waals surface area contributed by atoms with Crippen LogP contribution in [-0.4, -0.2) is 4.98 Å². The molecular formula is C22H18N2P+. The highest BCUT2D eigenvalue weighted by atomic mass is 31.2. The van der Waals surface area contributed by atoms with Gasteiger partial charge in [0.15, 0.2) is 0 Å². The van der Waals surface area contributed by atoms with E-state index in [1.165, 1.54) is 0 Å². The van der Waals surface area contributed by atoms with Crippen LogP contribution in [0.1, 0.15) is 12.0 Å². The highest BCUT2D eigenvalue weighted by molar-refractivity contribution is 7.99. The molecule has 3 rings (SSSR count). The third kappa shape index (κ3) is 3.32. The number of nitrogens with zero attached hydrogens (tertiary/aromatic N) is 2. The highest BCUT2D eigenvalue weighted by Crippen LogP contribution is 2.53. The molecule has 120 valence electrons. The van der Waals surface area contributed by atoms with Crippen LogP contribution in [0, 0.1) is 23.4 Å². The summed E-state index contributed by atoms with van der Waals surface area (Å²) in [5.41, 5.74) is 1.95. The SMILES string of the molecule is C#CCCc1ccnc([P+](C#N)(c2ccccc2)c2ccccc2)c1. The molecule has 0 aliphatic heterocycles. The van der Waals surface area contributed by atoms with Crippen molar-refractivity contribution >= 4 is 23.3 Å². The third-order valence-corrected chi connectivity index (χ3v) is 7.53. The van der Waals surface area contributed by atoms with E-state index in [1.54, 1.807) is 6.20 Å². The molecule has 0 spiro atoms. The van der Waals surface area contributed by atoms with Crippen LogP contribution >= 0.6 is 7.26 Å². The van der Waals surface area contributed by atoms with Crippen molar-refractivity contribution in [1.29, 1.82) is 5.26 Å². The minimum Gasteiger partial charge on any atom is -0.221 e. The second kappa shape index (κ2) is 7.76. The van der Waals surface area contributed by atoms with Crippen molar-refractivity contribution < 1.29 is 0 Å². The zero-order valence-electron chi connectivity index (χ0n) is 13.8. The Labute approximate surface area is 149 Å². The van der Waals surface area contributed by atoms with Crippen molar-refractivity contribution in [1.82, 2.24) is 4.98 Å². The van der Waals surface area contributed by atoms with E-state index >= 15 is 0 Å². The second-order valence-electron chi connectivity index (χ2n) is 5.67. The number of hydrogen-bond donors (Lipinski definition) is 0. The van der Waals surface area contributed by atoms with Crippen LogP contribution < -0.4 is 16.0 Å². The smallest absolute Gasteiger partial charge is 0.221 e. The third-order valence-electron chi connectivity index (χ3n) is 4.15. The number of benzene rings is 2. The monoisotopic (exact) mass is 341 g/mol. The molecule has 0 aliphatic rings. The molecule has 0 bridgehead atoms. The first-order chi connectivity index (χ1) is 12.3. The standard InChI is InChI=1S/C22H18N2P/c1-2-3-10-19-15-16-24-22(17-19)25(18-23,20-11-6-4-7-12-20)21-13-8-5-9-14-21/h1,4-9,11-17H,3,10H2/q+1. The zero-order valence-corrected chi connectivity index (χ0v) is 14.7. The Morgan fingerprint density at radius 1 is 0.920 bits per heavy atom. The van der Waals surface area contributed by atoms with Gasteiger partial charge in [-0.2, -0.15) is 5.26 Å². The Kier molecular flexibility index (Phi) is 5.25. The van der Waals surface area contributed by atoms with Crippen LogP contribution in [0.4, 0.5) is 0 Å². The van der Waals surface area contributed by atoms with E-state index in [-0.39, 0.29) is 0 Å². The molecule has 1 heterocycles. The van der Waals surface area contributed by atoms with Gasteiger partial charge in [-0.15, -0.1) is 12.3 Å². The lowest BCUT2D eigenvalue weighted by atomic mass is 10.1. The number of aromatic nitrogens is 1. The number of aryl methyl sites for hydroxylation is 1. The van der Waals surface area contributed by atoms with E-state index in [1.807, 2.05) is 72.8 Å². The molecule has 25 heavy (non-hydrogen) atoms. The predicted octanol–water partition coefficient (Wildman–Crippen LogP) is 3.42. The maximum absolute atomic E-state index is 10.3. The maximum atomic E-state index is 10.3. The van der Waals surface area contributed by atoms with Gasteiger partial charge in [0.25, 0.3) is 5.81 Å². The molecule has 0 aliphatic carbocycles. The average molecular weight is 341 g/mol. The quantitative estimate of drug-likeness (QED) is 0.527. The Morgan fingerprint density at radius 2 is 1.52 bits per heavy atom. The lowest BCUT2D eigenvalue weighted by Crippen LogP contribution is -2.31. The van der Waals surface area contributed by atoms with E-state index in [0.29, 0.717) is 6.42 Å². The molecule has 1 aromatic heterocycles. The minimum atomic E-state index is -2.45. The number of hydrogen-bond acceptors (Lipinski definition) is 2. The first kappa shape index (κ1) is 16.9. The van der Waals surface area contributed by atoms with Gasteiger partial charge in [0.2, 0.25) is 12.7 Å². The summed E-state index contributed by atoms with van der Waals surface area (Å²) in [7, 11) is -2.45. The van der Waals surface area contributed by atoms with E-state index in [4.69, 9.17) is 6.42 Å². The lowest BCUT2D eigenvalue weighted by Gasteiger charge is -2.18. The first-order valence-corrected chi connectivity index (χ1v) is 9.91. The van der Waals surface area contributed by atoms with Gasteiger partial charge < -0.3 is 0 Å². The normalized spacial score (nSPS) is 10.6. The molecule has 0 unspecified atom stereocenters. The van der Waals surface area contributed by atoms with E-state index in [2.05, 4.69) is 16.7 Å². The lowest BCUT2D eigenvalue weighted by molar-refractivity contribution is 1.03. The molecule has 0 saturated heterocycles. The molecular weight excluding hydrogens is 323 g/mol. The topological polar surface area (TPSA) is 36.7 Å². The summed E-state index contributed by atoms with van der Waals surface area (Å²) in [5, 5.41) is 12.4. The molecule has 0 saturated carbocycles. The van der Waals surface area contributed by atoms with Crippen LogP contribution in [0.5, 0.6) is 0 Å². The molecule has 3 heteroatoms. The Morgan fingerprint density at radius 3 is 2.04 bits per heavy atom. The molecule has 0 N–H and O–H groups in total. The van der Waals surface area contributed by atoms with Gasteiger partial charge >= 0.3 is 0 Å². The van der Waals surface area contributed by atoms with Crippen LogP contribution in [0.3, 0.4) is 0 Å². The fourth-order valence-corrected chi connectivity index (χ4v) is 5.90. The highest BCUT2D eigenvalue weighted by Gasteiger charge is 2.48. The minimum absolute atomic E-state index is 0.679. The fourth-order valence-electron chi connectivity index (χ4n) is 2.90. The van der Waals surface area contributed by atoms with E-state index in [9.17, 15) is 5.26 Å². The van der Waals surface area contributed by atoms with Crippen molar-refractivity contribution in [2.45, 2.75) is 12.8 Å². The van der Waals surface area contributed by atoms with Crippen molar-refractivity contribution in [2.75, 3.05) is 0 Å². The van der Waals surface area contributed by atoms with Gasteiger partial charge in [0, 0.05) is 18.7 Å². The molecule has 0 fully saturated rings. The summed E-state index contributed by atoms with van der Waals surface area (Å²) in [4.78, 5) is 4.62. The number of rotatable bonds is 5. The van der Waals surface area contributed by atoms with Crippen molar-refractivity contribution in [3.05, 3.63) is 84.6 Å². The molecule has 2 nitrogen and oxygen atoms in total. The maximum Gasteiger partial charge on any atom is 0.257 e. The molecule has 0 radical (unpaired) electrons. The van der Waals surface area contributed by atoms with Crippen LogP contribution in [0.15, 0.2) is 79.0 Å². The van der Waals surface area contributed by atoms with Gasteiger partial charge in [-0.1, -0.05) is 36.4 Å². The van der Waals surface area contributed by atoms with Gasteiger partial charge in [-0.3, -0.25) is 0 Å². The largest absolute Gasteiger partial charge is 0.257 e. The Hall–Kier alpha value is -2.93. The summed E-state index contributed by atoms with van der Waals surface area (Å²) in [6, 6.07) is 24.0. The van der Waals surface area contributed by atoms with Crippen LogP contribution in [-0.2, 0) is 6.42 Å². The molecule has 2 aromatic carbocycles. The Bertz CT molecular complexity index is 882. The zero-order chi connectivity index (χ0) is 17.5. The van der Waals surface area contributed by atoms with Gasteiger partial charge in [0.1, 0.15) is 10.6 Å². The van der Waals surface area contributed by atoms with Gasteiger partial charge in [-0.05, 0) is 42.3 Å². The number of nitriles is 1. The average Bonchev–Trinajstić information content (AvgIpc) is 2.69. The van der Waals surface area contributed by atoms with E-state index in [0.717, 1.165) is 28.0 Å². The van der Waals surface area contributed by atoms with Gasteiger partial charge in [-0.25, -0.2) is 4.98 Å². The summed E-state index contributed by atoms with van der Waals surface area (Å²) in [5.74, 6) is 5.33. The van der Waals surface area contributed by atoms with Gasteiger partial charge in [0.05, 0.1) is 0 Å². The van der Waals surface area contributed by atoms with E-state index < -0.39 is 7.26 Å². The predicted molar refractivity (Wildman–Crippen MR) is 106 cm³/mol. The van der Waals surface area contributed by atoms with Crippen LogP contribution in [0.2, 0.25) is 0 Å². The van der Waals surface area contributed by atoms with Crippen molar-refractivity contribution in [3.63, 3.8) is 0 Å². The molecule has 0 atom stereocenters. The van der Waals surface area contributed by atoms with Crippen LogP contribution in [0.25, 0.3) is 0 Å². The summed E-state index contributed by atoms with van der Waals surface area (Å²) >= 11 is 0. The molecule has 3 aromatic rings. The number of pyridine rings is 1. The summed E-state index contributed by atoms with van der Waals surface area (Å²) < 4.78 is 0. The Balaban J connectivity index is 2.23. The first-order valence-electron chi connectivity index (χ1n) is 8.12. The summed E-state index contributed by atoms with van der Waals surface area (Å²) in [6.45, 7) is 0. The fraction of sp³-hybridized carbons (Fsp3) is 0.0909. The van der Waals surface area contributed by atoms with Crippen molar-refractivity contribution in [3.8, 4) is 18.2 Å². The number of terminal acetylenes is 1. The molecule has 0 amide bonds. The second-order valence-corrected chi connectivity index (χ2v) is 8.70. The summed E-state index contributed by atoms with van der Waals surface area (Å²) in [6.07, 6.45) is 8.66. The van der Waals surface area contributed by atoms with Crippen molar-refractivity contribution in [2.24, 2.45) is 0 Å².